The van der Waals surface area contributed by atoms with Crippen LogP contribution in [0.15, 0.2) is 22.6 Å². The van der Waals surface area contributed by atoms with Gasteiger partial charge in [0.1, 0.15) is 11.6 Å². The summed E-state index contributed by atoms with van der Waals surface area (Å²) >= 11 is 0. The van der Waals surface area contributed by atoms with E-state index < -0.39 is 17.6 Å². The van der Waals surface area contributed by atoms with Gasteiger partial charge in [-0.3, -0.25) is 0 Å². The minimum atomic E-state index is -0.742. The average molecular weight is 281 g/mol. The van der Waals surface area contributed by atoms with Gasteiger partial charge in [-0.25, -0.2) is 18.6 Å². The number of oxazole rings is 1. The van der Waals surface area contributed by atoms with E-state index in [9.17, 15) is 13.6 Å². The fourth-order valence-corrected chi connectivity index (χ4v) is 1.75. The van der Waals surface area contributed by atoms with Crippen LogP contribution in [0.2, 0.25) is 0 Å². The highest BCUT2D eigenvalue weighted by Gasteiger charge is 2.21. The van der Waals surface area contributed by atoms with Crippen LogP contribution in [0.25, 0.3) is 11.5 Å². The van der Waals surface area contributed by atoms with E-state index in [1.807, 2.05) is 0 Å². The standard InChI is InChI=1S/C14H13F2NO3/c1-3-11-12(14(18)19-4-2)20-13(17-11)8-5-9(15)7-10(16)6-8/h5-7H,3-4H2,1-2H3. The number of nitrogens with zero attached hydrogens (tertiary/aromatic N) is 1. The molecule has 2 rings (SSSR count). The molecule has 0 spiro atoms. The number of rotatable bonds is 4. The molecule has 0 radical (unpaired) electrons. The lowest BCUT2D eigenvalue weighted by atomic mass is 10.2. The van der Waals surface area contributed by atoms with E-state index in [2.05, 4.69) is 4.98 Å². The zero-order valence-corrected chi connectivity index (χ0v) is 11.1. The summed E-state index contributed by atoms with van der Waals surface area (Å²) in [5, 5.41) is 0. The molecule has 0 N–H and O–H groups in total. The van der Waals surface area contributed by atoms with Crippen molar-refractivity contribution in [1.82, 2.24) is 4.98 Å². The number of halogens is 2. The van der Waals surface area contributed by atoms with Gasteiger partial charge in [-0.2, -0.15) is 0 Å². The van der Waals surface area contributed by atoms with Gasteiger partial charge in [0.25, 0.3) is 0 Å². The number of benzene rings is 1. The van der Waals surface area contributed by atoms with Gasteiger partial charge < -0.3 is 9.15 Å². The molecule has 0 atom stereocenters. The second-order valence-corrected chi connectivity index (χ2v) is 4.03. The number of aryl methyl sites for hydroxylation is 1. The molecule has 0 saturated heterocycles. The Hall–Kier alpha value is -2.24. The summed E-state index contributed by atoms with van der Waals surface area (Å²) in [7, 11) is 0. The quantitative estimate of drug-likeness (QED) is 0.806. The summed E-state index contributed by atoms with van der Waals surface area (Å²) in [6.07, 6.45) is 0.440. The van der Waals surface area contributed by atoms with Gasteiger partial charge in [0.05, 0.1) is 12.3 Å². The van der Waals surface area contributed by atoms with Crippen LogP contribution in [-0.2, 0) is 11.2 Å². The molecule has 0 aliphatic heterocycles. The van der Waals surface area contributed by atoms with Crippen molar-refractivity contribution in [3.63, 3.8) is 0 Å². The molecule has 0 saturated carbocycles. The van der Waals surface area contributed by atoms with Crippen molar-refractivity contribution < 1.29 is 22.7 Å². The van der Waals surface area contributed by atoms with Gasteiger partial charge in [-0.1, -0.05) is 6.92 Å². The normalized spacial score (nSPS) is 10.6. The number of aromatic nitrogens is 1. The third-order valence-electron chi connectivity index (χ3n) is 2.60. The molecule has 6 heteroatoms. The van der Waals surface area contributed by atoms with Crippen LogP contribution in [-0.4, -0.2) is 17.6 Å². The monoisotopic (exact) mass is 281 g/mol. The van der Waals surface area contributed by atoms with Gasteiger partial charge in [-0.05, 0) is 25.5 Å². The predicted octanol–water partition coefficient (Wildman–Crippen LogP) is 3.36. The third kappa shape index (κ3) is 2.84. The van der Waals surface area contributed by atoms with Crippen LogP contribution in [0.5, 0.6) is 0 Å². The molecule has 0 unspecified atom stereocenters. The Morgan fingerprint density at radius 1 is 1.25 bits per heavy atom. The zero-order chi connectivity index (χ0) is 14.7. The lowest BCUT2D eigenvalue weighted by Gasteiger charge is -1.98. The third-order valence-corrected chi connectivity index (χ3v) is 2.60. The number of ether oxygens (including phenoxy) is 1. The van der Waals surface area contributed by atoms with Crippen LogP contribution in [0, 0.1) is 11.6 Å². The molecule has 0 amide bonds. The van der Waals surface area contributed by atoms with Gasteiger partial charge in [0, 0.05) is 11.6 Å². The first-order valence-electron chi connectivity index (χ1n) is 6.18. The molecule has 1 heterocycles. The zero-order valence-electron chi connectivity index (χ0n) is 11.1. The summed E-state index contributed by atoms with van der Waals surface area (Å²) in [5.41, 5.74) is 0.524. The molecule has 20 heavy (non-hydrogen) atoms. The molecule has 1 aromatic heterocycles. The molecule has 2 aromatic rings. The maximum Gasteiger partial charge on any atom is 0.376 e. The SMILES string of the molecule is CCOC(=O)c1oc(-c2cc(F)cc(F)c2)nc1CC. The first kappa shape index (κ1) is 14.2. The second kappa shape index (κ2) is 5.81. The fourth-order valence-electron chi connectivity index (χ4n) is 1.75. The van der Waals surface area contributed by atoms with Crippen LogP contribution < -0.4 is 0 Å². The molecular weight excluding hydrogens is 268 g/mol. The minimum absolute atomic E-state index is 0.0108. The Kier molecular flexibility index (Phi) is 4.12. The van der Waals surface area contributed by atoms with Crippen molar-refractivity contribution in [3.05, 3.63) is 41.3 Å². The summed E-state index contributed by atoms with van der Waals surface area (Å²) in [6, 6.07) is 2.92. The fraction of sp³-hybridized carbons (Fsp3) is 0.286. The molecule has 0 aliphatic carbocycles. The first-order chi connectivity index (χ1) is 9.55. The van der Waals surface area contributed by atoms with Gasteiger partial charge >= 0.3 is 5.97 Å². The molecule has 0 fully saturated rings. The minimum Gasteiger partial charge on any atom is -0.460 e. The van der Waals surface area contributed by atoms with E-state index in [4.69, 9.17) is 9.15 Å². The van der Waals surface area contributed by atoms with Crippen molar-refractivity contribution in [2.75, 3.05) is 6.61 Å². The van der Waals surface area contributed by atoms with Crippen molar-refractivity contribution >= 4 is 5.97 Å². The predicted molar refractivity (Wildman–Crippen MR) is 67.2 cm³/mol. The number of hydrogen-bond donors (Lipinski definition) is 0. The Morgan fingerprint density at radius 3 is 2.45 bits per heavy atom. The number of carbonyl (C=O) groups excluding carboxylic acids is 1. The maximum absolute atomic E-state index is 13.2. The highest BCUT2D eigenvalue weighted by Crippen LogP contribution is 2.24. The summed E-state index contributed by atoms with van der Waals surface area (Å²) < 4.78 is 36.5. The van der Waals surface area contributed by atoms with Crippen molar-refractivity contribution in [2.45, 2.75) is 20.3 Å². The van der Waals surface area contributed by atoms with E-state index >= 15 is 0 Å². The Labute approximate surface area is 114 Å². The van der Waals surface area contributed by atoms with Crippen LogP contribution in [0.1, 0.15) is 30.1 Å². The molecular formula is C14H13F2NO3. The Bertz CT molecular complexity index is 617. The largest absolute Gasteiger partial charge is 0.460 e. The van der Waals surface area contributed by atoms with E-state index in [0.717, 1.165) is 18.2 Å². The van der Waals surface area contributed by atoms with Crippen molar-refractivity contribution in [2.24, 2.45) is 0 Å². The Balaban J connectivity index is 2.45. The topological polar surface area (TPSA) is 52.3 Å². The van der Waals surface area contributed by atoms with Crippen LogP contribution in [0.4, 0.5) is 8.78 Å². The van der Waals surface area contributed by atoms with Crippen molar-refractivity contribution in [3.8, 4) is 11.5 Å². The lowest BCUT2D eigenvalue weighted by molar-refractivity contribution is 0.0489. The molecule has 4 nitrogen and oxygen atoms in total. The van der Waals surface area contributed by atoms with Gasteiger partial charge in [-0.15, -0.1) is 0 Å². The molecule has 106 valence electrons. The van der Waals surface area contributed by atoms with E-state index in [1.54, 1.807) is 13.8 Å². The summed E-state index contributed by atoms with van der Waals surface area (Å²) in [5.74, 6) is -2.17. The maximum atomic E-state index is 13.2. The van der Waals surface area contributed by atoms with Crippen LogP contribution in [0.3, 0.4) is 0 Å². The highest BCUT2D eigenvalue weighted by atomic mass is 19.1. The van der Waals surface area contributed by atoms with E-state index in [-0.39, 0.29) is 23.8 Å². The van der Waals surface area contributed by atoms with Crippen molar-refractivity contribution in [1.29, 1.82) is 0 Å². The molecule has 0 aliphatic rings. The van der Waals surface area contributed by atoms with Gasteiger partial charge in [0.2, 0.25) is 11.7 Å². The lowest BCUT2D eigenvalue weighted by Crippen LogP contribution is -2.05. The Morgan fingerprint density at radius 2 is 1.90 bits per heavy atom. The van der Waals surface area contributed by atoms with Crippen LogP contribution >= 0.6 is 0 Å². The number of esters is 1. The van der Waals surface area contributed by atoms with E-state index in [0.29, 0.717) is 12.1 Å². The summed E-state index contributed by atoms with van der Waals surface area (Å²) in [6.45, 7) is 3.66. The molecule has 0 bridgehead atoms. The number of hydrogen-bond acceptors (Lipinski definition) is 4. The highest BCUT2D eigenvalue weighted by molar-refractivity contribution is 5.88. The average Bonchev–Trinajstić information content (AvgIpc) is 2.82. The van der Waals surface area contributed by atoms with Gasteiger partial charge in [0.15, 0.2) is 0 Å². The second-order valence-electron chi connectivity index (χ2n) is 4.03. The van der Waals surface area contributed by atoms with E-state index in [1.165, 1.54) is 0 Å². The molecule has 1 aromatic carbocycles. The summed E-state index contributed by atoms with van der Waals surface area (Å²) in [4.78, 5) is 15.8. The smallest absolute Gasteiger partial charge is 0.376 e. The first-order valence-corrected chi connectivity index (χ1v) is 6.18. The number of carbonyl (C=O) groups is 1.